The standard InChI is InChI=1S/C20H21BrN2O4/c1-27-16-8-2-13(3-9-16)17-10-11-23(19(17)20(25)26)15-6-4-14(5-7-15)22-18(24)12-21/h2-9,17,19H,10-12H2,1H3,(H,22,24)(H,25,26)/t17-,19-/m1/s1. The highest BCUT2D eigenvalue weighted by atomic mass is 79.9. The number of methoxy groups -OCH3 is 1. The molecule has 1 fully saturated rings. The largest absolute Gasteiger partial charge is 0.497 e. The molecule has 1 saturated heterocycles. The van der Waals surface area contributed by atoms with Gasteiger partial charge in [-0.1, -0.05) is 28.1 Å². The first-order chi connectivity index (χ1) is 13.0. The number of benzene rings is 2. The average Bonchev–Trinajstić information content (AvgIpc) is 3.14. The van der Waals surface area contributed by atoms with Crippen LogP contribution in [0, 0.1) is 0 Å². The van der Waals surface area contributed by atoms with E-state index in [-0.39, 0.29) is 17.2 Å². The summed E-state index contributed by atoms with van der Waals surface area (Å²) in [4.78, 5) is 25.4. The van der Waals surface area contributed by atoms with E-state index in [0.717, 1.165) is 23.4 Å². The Bertz CT molecular complexity index is 808. The summed E-state index contributed by atoms with van der Waals surface area (Å²) in [6.07, 6.45) is 0.755. The van der Waals surface area contributed by atoms with Gasteiger partial charge >= 0.3 is 5.97 Å². The van der Waals surface area contributed by atoms with Crippen LogP contribution in [0.2, 0.25) is 0 Å². The number of carbonyl (C=O) groups is 2. The minimum Gasteiger partial charge on any atom is -0.497 e. The van der Waals surface area contributed by atoms with Gasteiger partial charge in [-0.05, 0) is 48.4 Å². The number of carbonyl (C=O) groups excluding carboxylic acids is 1. The van der Waals surface area contributed by atoms with Crippen molar-refractivity contribution in [3.63, 3.8) is 0 Å². The molecule has 0 bridgehead atoms. The minimum absolute atomic E-state index is 0.0961. The fourth-order valence-electron chi connectivity index (χ4n) is 3.52. The SMILES string of the molecule is COc1ccc([C@H]2CCN(c3ccc(NC(=O)CBr)cc3)[C@H]2C(=O)O)cc1. The van der Waals surface area contributed by atoms with Crippen LogP contribution in [0.4, 0.5) is 11.4 Å². The van der Waals surface area contributed by atoms with Gasteiger partial charge in [-0.25, -0.2) is 4.79 Å². The smallest absolute Gasteiger partial charge is 0.326 e. The highest BCUT2D eigenvalue weighted by molar-refractivity contribution is 9.09. The number of hydrogen-bond donors (Lipinski definition) is 2. The van der Waals surface area contributed by atoms with Crippen molar-refractivity contribution in [3.8, 4) is 5.75 Å². The van der Waals surface area contributed by atoms with Crippen molar-refractivity contribution in [2.24, 2.45) is 0 Å². The molecule has 0 unspecified atom stereocenters. The molecule has 27 heavy (non-hydrogen) atoms. The van der Waals surface area contributed by atoms with E-state index in [1.807, 2.05) is 41.3 Å². The molecule has 1 amide bonds. The average molecular weight is 433 g/mol. The first-order valence-corrected chi connectivity index (χ1v) is 9.75. The Labute approximate surface area is 166 Å². The quantitative estimate of drug-likeness (QED) is 0.683. The van der Waals surface area contributed by atoms with E-state index in [2.05, 4.69) is 21.2 Å². The molecule has 0 aliphatic carbocycles. The molecule has 0 spiro atoms. The Balaban J connectivity index is 1.81. The molecule has 2 aromatic rings. The molecular weight excluding hydrogens is 412 g/mol. The fraction of sp³-hybridized carbons (Fsp3) is 0.300. The molecule has 0 aromatic heterocycles. The van der Waals surface area contributed by atoms with Crippen LogP contribution in [0.3, 0.4) is 0 Å². The van der Waals surface area contributed by atoms with Crippen LogP contribution < -0.4 is 15.0 Å². The molecule has 1 aliphatic rings. The number of hydrogen-bond acceptors (Lipinski definition) is 4. The predicted octanol–water partition coefficient (Wildman–Crippen LogP) is 3.48. The number of halogens is 1. The van der Waals surface area contributed by atoms with E-state index < -0.39 is 12.0 Å². The van der Waals surface area contributed by atoms with Crippen LogP contribution in [0.25, 0.3) is 0 Å². The molecule has 1 heterocycles. The lowest BCUT2D eigenvalue weighted by atomic mass is 9.91. The number of ether oxygens (including phenoxy) is 1. The van der Waals surface area contributed by atoms with Gasteiger partial charge in [0.05, 0.1) is 12.4 Å². The van der Waals surface area contributed by atoms with E-state index in [1.54, 1.807) is 19.2 Å². The highest BCUT2D eigenvalue weighted by Crippen LogP contribution is 2.37. The van der Waals surface area contributed by atoms with Crippen molar-refractivity contribution >= 4 is 39.2 Å². The Morgan fingerprint density at radius 3 is 2.41 bits per heavy atom. The van der Waals surface area contributed by atoms with Gasteiger partial charge in [-0.15, -0.1) is 0 Å². The molecule has 2 aromatic carbocycles. The zero-order chi connectivity index (χ0) is 19.4. The lowest BCUT2D eigenvalue weighted by Crippen LogP contribution is -2.39. The number of amides is 1. The van der Waals surface area contributed by atoms with Crippen molar-refractivity contribution in [3.05, 3.63) is 54.1 Å². The van der Waals surface area contributed by atoms with E-state index in [9.17, 15) is 14.7 Å². The number of nitrogens with one attached hydrogen (secondary N) is 1. The van der Waals surface area contributed by atoms with E-state index in [1.165, 1.54) is 0 Å². The second-order valence-corrected chi connectivity index (χ2v) is 6.93. The van der Waals surface area contributed by atoms with Gasteiger partial charge in [0.15, 0.2) is 0 Å². The molecule has 2 N–H and O–H groups in total. The first kappa shape index (κ1) is 19.2. The molecule has 3 rings (SSSR count). The van der Waals surface area contributed by atoms with E-state index in [0.29, 0.717) is 12.2 Å². The summed E-state index contributed by atoms with van der Waals surface area (Å²) in [5.41, 5.74) is 2.50. The minimum atomic E-state index is -0.843. The zero-order valence-electron chi connectivity index (χ0n) is 14.9. The summed E-state index contributed by atoms with van der Waals surface area (Å²) in [6, 6.07) is 14.2. The van der Waals surface area contributed by atoms with Crippen molar-refractivity contribution in [1.82, 2.24) is 0 Å². The normalized spacial score (nSPS) is 19.0. The predicted molar refractivity (Wildman–Crippen MR) is 108 cm³/mol. The Hall–Kier alpha value is -2.54. The van der Waals surface area contributed by atoms with Gasteiger partial charge in [0.2, 0.25) is 5.91 Å². The molecule has 1 aliphatic heterocycles. The molecule has 7 heteroatoms. The third-order valence-electron chi connectivity index (χ3n) is 4.80. The van der Waals surface area contributed by atoms with Gasteiger partial charge < -0.3 is 20.1 Å². The number of aliphatic carboxylic acids is 1. The molecular formula is C20H21BrN2O4. The fourth-order valence-corrected chi connectivity index (χ4v) is 3.66. The topological polar surface area (TPSA) is 78.9 Å². The van der Waals surface area contributed by atoms with Crippen LogP contribution >= 0.6 is 15.9 Å². The molecule has 6 nitrogen and oxygen atoms in total. The van der Waals surface area contributed by atoms with Gasteiger partial charge in [0.25, 0.3) is 0 Å². The Morgan fingerprint density at radius 1 is 1.19 bits per heavy atom. The Morgan fingerprint density at radius 2 is 1.85 bits per heavy atom. The number of carboxylic acids is 1. The van der Waals surface area contributed by atoms with Gasteiger partial charge in [0, 0.05) is 23.8 Å². The number of rotatable bonds is 6. The maximum atomic E-state index is 12.0. The lowest BCUT2D eigenvalue weighted by molar-refractivity contribution is -0.138. The maximum Gasteiger partial charge on any atom is 0.326 e. The summed E-state index contributed by atoms with van der Waals surface area (Å²) >= 11 is 3.11. The van der Waals surface area contributed by atoms with Gasteiger partial charge in [-0.2, -0.15) is 0 Å². The lowest BCUT2D eigenvalue weighted by Gasteiger charge is -2.27. The van der Waals surface area contributed by atoms with Crippen molar-refractivity contribution in [2.45, 2.75) is 18.4 Å². The zero-order valence-corrected chi connectivity index (χ0v) is 16.5. The third-order valence-corrected chi connectivity index (χ3v) is 5.31. The summed E-state index contributed by atoms with van der Waals surface area (Å²) in [7, 11) is 1.61. The third kappa shape index (κ3) is 4.24. The summed E-state index contributed by atoms with van der Waals surface area (Å²) in [5.74, 6) is -0.320. The summed E-state index contributed by atoms with van der Waals surface area (Å²) in [6.45, 7) is 0.654. The highest BCUT2D eigenvalue weighted by Gasteiger charge is 2.40. The molecule has 0 radical (unpaired) electrons. The van der Waals surface area contributed by atoms with E-state index >= 15 is 0 Å². The number of alkyl halides is 1. The van der Waals surface area contributed by atoms with E-state index in [4.69, 9.17) is 4.74 Å². The van der Waals surface area contributed by atoms with Crippen LogP contribution in [-0.4, -0.2) is 42.0 Å². The summed E-state index contributed by atoms with van der Waals surface area (Å²) < 4.78 is 5.18. The molecule has 2 atom stereocenters. The van der Waals surface area contributed by atoms with Gasteiger partial charge in [0.1, 0.15) is 11.8 Å². The number of nitrogens with zero attached hydrogens (tertiary/aromatic N) is 1. The van der Waals surface area contributed by atoms with Crippen molar-refractivity contribution < 1.29 is 19.4 Å². The van der Waals surface area contributed by atoms with Crippen LogP contribution in [-0.2, 0) is 9.59 Å². The first-order valence-electron chi connectivity index (χ1n) is 8.62. The van der Waals surface area contributed by atoms with Crippen LogP contribution in [0.15, 0.2) is 48.5 Å². The van der Waals surface area contributed by atoms with Crippen LogP contribution in [0.5, 0.6) is 5.75 Å². The number of carboxylic acid groups (broad SMARTS) is 1. The van der Waals surface area contributed by atoms with Crippen molar-refractivity contribution in [2.75, 3.05) is 29.2 Å². The summed E-state index contributed by atoms with van der Waals surface area (Å²) in [5, 5.41) is 12.8. The monoisotopic (exact) mass is 432 g/mol. The number of anilines is 2. The second-order valence-electron chi connectivity index (χ2n) is 6.37. The molecule has 0 saturated carbocycles. The maximum absolute atomic E-state index is 12.0. The second kappa shape index (κ2) is 8.43. The van der Waals surface area contributed by atoms with Crippen molar-refractivity contribution in [1.29, 1.82) is 0 Å². The Kier molecular flexibility index (Phi) is 6.01. The van der Waals surface area contributed by atoms with Gasteiger partial charge in [-0.3, -0.25) is 4.79 Å². The van der Waals surface area contributed by atoms with Crippen LogP contribution in [0.1, 0.15) is 17.9 Å². The molecule has 142 valence electrons.